The fourth-order valence-electron chi connectivity index (χ4n) is 0.747. The van der Waals surface area contributed by atoms with E-state index >= 15 is 0 Å². The van der Waals surface area contributed by atoms with Crippen LogP contribution in [0.3, 0.4) is 0 Å². The van der Waals surface area contributed by atoms with Crippen LogP contribution in [0.15, 0.2) is 16.6 Å². The normalized spacial score (nSPS) is 9.83. The Morgan fingerprint density at radius 1 is 1.58 bits per heavy atom. The average molecular weight is 249 g/mol. The number of phenols is 1. The van der Waals surface area contributed by atoms with Gasteiger partial charge in [-0.1, -0.05) is 11.6 Å². The molecule has 1 aromatic carbocycles. The van der Waals surface area contributed by atoms with Crippen LogP contribution in [0.5, 0.6) is 5.75 Å². The van der Waals surface area contributed by atoms with Crippen molar-refractivity contribution >= 4 is 33.4 Å². The summed E-state index contributed by atoms with van der Waals surface area (Å²) < 4.78 is 0.358. The molecule has 0 radical (unpaired) electrons. The molecule has 0 spiro atoms. The van der Waals surface area contributed by atoms with Gasteiger partial charge < -0.3 is 10.8 Å². The largest absolute Gasteiger partial charge is 0.507 e. The minimum Gasteiger partial charge on any atom is -0.507 e. The zero-order valence-electron chi connectivity index (χ0n) is 5.94. The van der Waals surface area contributed by atoms with E-state index in [0.29, 0.717) is 10.0 Å². The number of rotatable bonds is 1. The van der Waals surface area contributed by atoms with Crippen molar-refractivity contribution < 1.29 is 5.11 Å². The minimum absolute atomic E-state index is 0.0324. The maximum atomic E-state index is 9.16. The molecule has 0 amide bonds. The number of halogens is 2. The lowest BCUT2D eigenvalue weighted by atomic mass is 10.2. The Morgan fingerprint density at radius 2 is 2.17 bits per heavy atom. The molecule has 0 aliphatic heterocycles. The van der Waals surface area contributed by atoms with Crippen LogP contribution in [0.1, 0.15) is 5.56 Å². The first-order valence-corrected chi connectivity index (χ1v) is 4.22. The molecule has 0 heterocycles. The molecule has 5 heteroatoms. The third-order valence-electron chi connectivity index (χ3n) is 1.35. The van der Waals surface area contributed by atoms with Crippen molar-refractivity contribution in [3.63, 3.8) is 0 Å². The van der Waals surface area contributed by atoms with Gasteiger partial charge in [0.15, 0.2) is 0 Å². The van der Waals surface area contributed by atoms with Gasteiger partial charge in [0.05, 0.1) is 9.50 Å². The van der Waals surface area contributed by atoms with Gasteiger partial charge in [-0.05, 0) is 28.1 Å². The van der Waals surface area contributed by atoms with Crippen LogP contribution in [0.2, 0.25) is 5.02 Å². The summed E-state index contributed by atoms with van der Waals surface area (Å²) in [5.41, 5.74) is 5.63. The quantitative estimate of drug-likeness (QED) is 0.527. The number of aromatic hydroxyl groups is 1. The van der Waals surface area contributed by atoms with Crippen LogP contribution < -0.4 is 5.73 Å². The number of phenolic OH excluding ortho intramolecular Hbond substituents is 1. The molecule has 12 heavy (non-hydrogen) atoms. The van der Waals surface area contributed by atoms with Crippen LogP contribution in [-0.2, 0) is 0 Å². The van der Waals surface area contributed by atoms with Gasteiger partial charge in [0.2, 0.25) is 0 Å². The molecule has 64 valence electrons. The predicted molar refractivity (Wildman–Crippen MR) is 51.8 cm³/mol. The molecule has 4 N–H and O–H groups in total. The van der Waals surface area contributed by atoms with Crippen LogP contribution >= 0.6 is 27.5 Å². The number of nitrogen functional groups attached to an aromatic ring is 1. The fraction of sp³-hybridized carbons (Fsp3) is 0. The molecule has 0 aliphatic carbocycles. The maximum absolute atomic E-state index is 9.16. The first-order valence-electron chi connectivity index (χ1n) is 3.05. The standard InChI is InChI=1S/C7H6BrClN2O/c8-5-4(12)2-1-3(6(5)9)7(10)11/h1-2,12H,(H3,10,11). The highest BCUT2D eigenvalue weighted by atomic mass is 79.9. The molecule has 0 unspecified atom stereocenters. The highest BCUT2D eigenvalue weighted by Gasteiger charge is 2.09. The van der Waals surface area contributed by atoms with Gasteiger partial charge in [0, 0.05) is 5.56 Å². The van der Waals surface area contributed by atoms with Crippen molar-refractivity contribution in [2.24, 2.45) is 5.73 Å². The second-order valence-electron chi connectivity index (χ2n) is 2.17. The lowest BCUT2D eigenvalue weighted by Crippen LogP contribution is -2.11. The highest BCUT2D eigenvalue weighted by Crippen LogP contribution is 2.33. The smallest absolute Gasteiger partial charge is 0.131 e. The molecular formula is C7H6BrClN2O. The van der Waals surface area contributed by atoms with E-state index in [0.717, 1.165) is 0 Å². The summed E-state index contributed by atoms with van der Waals surface area (Å²) in [4.78, 5) is 0. The molecular weight excluding hydrogens is 243 g/mol. The molecule has 0 saturated heterocycles. The van der Waals surface area contributed by atoms with E-state index in [1.54, 1.807) is 0 Å². The number of hydrogen-bond acceptors (Lipinski definition) is 2. The number of hydrogen-bond donors (Lipinski definition) is 3. The lowest BCUT2D eigenvalue weighted by Gasteiger charge is -2.04. The molecule has 1 aromatic rings. The Bertz CT molecular complexity index is 340. The van der Waals surface area contributed by atoms with Gasteiger partial charge >= 0.3 is 0 Å². The molecule has 0 aromatic heterocycles. The van der Waals surface area contributed by atoms with Gasteiger partial charge in [-0.3, -0.25) is 5.41 Å². The zero-order chi connectivity index (χ0) is 9.30. The van der Waals surface area contributed by atoms with Crippen LogP contribution in [0.4, 0.5) is 0 Å². The third-order valence-corrected chi connectivity index (χ3v) is 2.78. The summed E-state index contributed by atoms with van der Waals surface area (Å²) in [7, 11) is 0. The fourth-order valence-corrected chi connectivity index (χ4v) is 1.35. The Balaban J connectivity index is 3.36. The molecule has 0 fully saturated rings. The maximum Gasteiger partial charge on any atom is 0.131 e. The monoisotopic (exact) mass is 248 g/mol. The number of benzene rings is 1. The van der Waals surface area contributed by atoms with Crippen LogP contribution in [0, 0.1) is 5.41 Å². The third kappa shape index (κ3) is 1.54. The van der Waals surface area contributed by atoms with E-state index in [1.807, 2.05) is 0 Å². The van der Waals surface area contributed by atoms with Gasteiger partial charge in [-0.2, -0.15) is 0 Å². The summed E-state index contributed by atoms with van der Waals surface area (Å²) in [5.74, 6) is -0.0919. The second-order valence-corrected chi connectivity index (χ2v) is 3.34. The van der Waals surface area contributed by atoms with E-state index in [9.17, 15) is 0 Å². The van der Waals surface area contributed by atoms with Gasteiger partial charge in [0.1, 0.15) is 11.6 Å². The zero-order valence-corrected chi connectivity index (χ0v) is 8.28. The van der Waals surface area contributed by atoms with Crippen molar-refractivity contribution in [2.45, 2.75) is 0 Å². The highest BCUT2D eigenvalue weighted by molar-refractivity contribution is 9.10. The van der Waals surface area contributed by atoms with E-state index in [-0.39, 0.29) is 16.6 Å². The Morgan fingerprint density at radius 3 is 2.67 bits per heavy atom. The van der Waals surface area contributed by atoms with Gasteiger partial charge in [-0.15, -0.1) is 0 Å². The summed E-state index contributed by atoms with van der Waals surface area (Å²) >= 11 is 8.83. The minimum atomic E-state index is -0.124. The van der Waals surface area contributed by atoms with E-state index < -0.39 is 0 Å². The van der Waals surface area contributed by atoms with Crippen molar-refractivity contribution in [2.75, 3.05) is 0 Å². The summed E-state index contributed by atoms with van der Waals surface area (Å²) in [6.45, 7) is 0. The Labute approximate surface area is 82.8 Å². The molecule has 3 nitrogen and oxygen atoms in total. The predicted octanol–water partition coefficient (Wildman–Crippen LogP) is 2.09. The first kappa shape index (κ1) is 9.35. The van der Waals surface area contributed by atoms with Crippen LogP contribution in [-0.4, -0.2) is 10.9 Å². The SMILES string of the molecule is N=C(N)c1ccc(O)c(Br)c1Cl. The molecule has 0 saturated carbocycles. The topological polar surface area (TPSA) is 70.1 Å². The molecule has 0 atom stereocenters. The van der Waals surface area contributed by atoms with E-state index in [4.69, 9.17) is 27.9 Å². The van der Waals surface area contributed by atoms with Gasteiger partial charge in [-0.25, -0.2) is 0 Å². The second kappa shape index (κ2) is 3.33. The number of nitrogens with two attached hydrogens (primary N) is 1. The van der Waals surface area contributed by atoms with E-state index in [2.05, 4.69) is 15.9 Å². The summed E-state index contributed by atoms with van der Waals surface area (Å²) in [6.07, 6.45) is 0. The Kier molecular flexibility index (Phi) is 2.59. The summed E-state index contributed by atoms with van der Waals surface area (Å²) in [5, 5.41) is 16.6. The molecule has 0 aliphatic rings. The molecule has 0 bridgehead atoms. The van der Waals surface area contributed by atoms with Crippen LogP contribution in [0.25, 0.3) is 0 Å². The average Bonchev–Trinajstić information content (AvgIpc) is 2.00. The van der Waals surface area contributed by atoms with Crippen molar-refractivity contribution in [3.05, 3.63) is 27.2 Å². The van der Waals surface area contributed by atoms with Crippen molar-refractivity contribution in [1.29, 1.82) is 5.41 Å². The van der Waals surface area contributed by atoms with Gasteiger partial charge in [0.25, 0.3) is 0 Å². The Hall–Kier alpha value is -0.740. The molecule has 1 rings (SSSR count). The lowest BCUT2D eigenvalue weighted by molar-refractivity contribution is 0.472. The van der Waals surface area contributed by atoms with E-state index in [1.165, 1.54) is 12.1 Å². The van der Waals surface area contributed by atoms with Crippen molar-refractivity contribution in [1.82, 2.24) is 0 Å². The number of amidine groups is 1. The summed E-state index contributed by atoms with van der Waals surface area (Å²) in [6, 6.07) is 2.91. The number of nitrogens with one attached hydrogen (secondary N) is 1. The van der Waals surface area contributed by atoms with Crippen molar-refractivity contribution in [3.8, 4) is 5.75 Å². The first-order chi connectivity index (χ1) is 5.54.